The zero-order valence-electron chi connectivity index (χ0n) is 66.4. The van der Waals surface area contributed by atoms with Crippen LogP contribution in [0.5, 0.6) is 0 Å². The highest BCUT2D eigenvalue weighted by molar-refractivity contribution is 7.47. The highest BCUT2D eigenvalue weighted by Gasteiger charge is 2.30. The zero-order chi connectivity index (χ0) is 74.4. The van der Waals surface area contributed by atoms with Gasteiger partial charge in [-0.3, -0.25) is 37.3 Å². The molecule has 0 bridgehead atoms. The van der Waals surface area contributed by atoms with Gasteiger partial charge in [0.2, 0.25) is 0 Å². The first-order valence-corrected chi connectivity index (χ1v) is 45.3. The number of aliphatic hydroxyl groups excluding tert-OH is 1. The lowest BCUT2D eigenvalue weighted by atomic mass is 10.0. The minimum absolute atomic E-state index is 0.107. The van der Waals surface area contributed by atoms with Crippen LogP contribution in [0.3, 0.4) is 0 Å². The van der Waals surface area contributed by atoms with Crippen LogP contribution in [-0.2, 0) is 65.4 Å². The number of hydrogen-bond acceptors (Lipinski definition) is 15. The first kappa shape index (κ1) is 99.1. The van der Waals surface area contributed by atoms with Crippen molar-refractivity contribution in [2.75, 3.05) is 39.6 Å². The number of carbonyl (C=O) groups excluding carboxylic acids is 4. The highest BCUT2D eigenvalue weighted by atomic mass is 31.2. The van der Waals surface area contributed by atoms with E-state index < -0.39 is 97.5 Å². The van der Waals surface area contributed by atoms with Crippen LogP contribution in [0.2, 0.25) is 0 Å². The van der Waals surface area contributed by atoms with Crippen LogP contribution >= 0.6 is 15.6 Å². The normalized spacial score (nSPS) is 14.0. The summed E-state index contributed by atoms with van der Waals surface area (Å²) < 4.78 is 68.8. The van der Waals surface area contributed by atoms with Crippen molar-refractivity contribution in [2.24, 2.45) is 17.8 Å². The number of aliphatic hydroxyl groups is 1. The molecule has 0 aliphatic heterocycles. The standard InChI is InChI=1S/C82H160O17P2/c1-8-9-10-11-12-13-14-21-29-36-44-51-58-65-81(86)99-78(70-93-80(85)64-57-50-43-38-31-34-41-48-55-62-75(6)7)72-97-101(90,91)95-68-76(83)67-94-100(88,89)96-71-77(69-92-79(84)63-56-49-42-35-28-24-20-19-23-27-33-40-47-54-61-74(4)5)98-82(87)66-59-52-45-37-30-25-18-16-15-17-22-26-32-39-46-53-60-73(2)3/h73-78,83H,8-72H2,1-7H3,(H,88,89)(H,90,91)/t76-,77-,78-/m1/s1. The number of ether oxygens (including phenoxy) is 4. The molecule has 0 aliphatic rings. The van der Waals surface area contributed by atoms with Gasteiger partial charge in [0.1, 0.15) is 19.3 Å². The Morgan fingerprint density at radius 3 is 0.673 bits per heavy atom. The fourth-order valence-corrected chi connectivity index (χ4v) is 14.2. The second-order valence-corrected chi connectivity index (χ2v) is 33.8. The van der Waals surface area contributed by atoms with E-state index in [1.54, 1.807) is 0 Å². The third kappa shape index (κ3) is 76.1. The molecule has 0 saturated heterocycles. The summed E-state index contributed by atoms with van der Waals surface area (Å²) in [5, 5.41) is 10.7. The van der Waals surface area contributed by atoms with Gasteiger partial charge in [-0.15, -0.1) is 0 Å². The predicted octanol–water partition coefficient (Wildman–Crippen LogP) is 24.5. The topological polar surface area (TPSA) is 237 Å². The molecule has 0 saturated carbocycles. The van der Waals surface area contributed by atoms with E-state index in [-0.39, 0.29) is 25.7 Å². The molecule has 600 valence electrons. The maximum atomic E-state index is 13.1. The third-order valence-electron chi connectivity index (χ3n) is 19.1. The third-order valence-corrected chi connectivity index (χ3v) is 21.0. The number of phosphoric ester groups is 2. The fraction of sp³-hybridized carbons (Fsp3) is 0.951. The molecule has 5 atom stereocenters. The van der Waals surface area contributed by atoms with Crippen LogP contribution in [0.15, 0.2) is 0 Å². The summed E-state index contributed by atoms with van der Waals surface area (Å²) in [5.74, 6) is 0.245. The number of unbranched alkanes of at least 4 members (excludes halogenated alkanes) is 48. The second-order valence-electron chi connectivity index (χ2n) is 30.9. The predicted molar refractivity (Wildman–Crippen MR) is 414 cm³/mol. The summed E-state index contributed by atoms with van der Waals surface area (Å²) in [6, 6.07) is 0. The van der Waals surface area contributed by atoms with Gasteiger partial charge in [-0.2, -0.15) is 0 Å². The van der Waals surface area contributed by atoms with Crippen LogP contribution in [0.25, 0.3) is 0 Å². The Labute approximate surface area is 619 Å². The molecule has 0 radical (unpaired) electrons. The SMILES string of the molecule is CCCCCCCCCCCCCCCC(=O)O[C@H](COC(=O)CCCCCCCCCCCC(C)C)COP(=O)(O)OC[C@H](O)COP(=O)(O)OC[C@@H](COC(=O)CCCCCCCCCCCCCCCCC(C)C)OC(=O)CCCCCCCCCCCCCCCCCCC(C)C. The lowest BCUT2D eigenvalue weighted by Crippen LogP contribution is -2.30. The van der Waals surface area contributed by atoms with Gasteiger partial charge >= 0.3 is 39.5 Å². The van der Waals surface area contributed by atoms with E-state index in [9.17, 15) is 43.2 Å². The molecule has 2 unspecified atom stereocenters. The highest BCUT2D eigenvalue weighted by Crippen LogP contribution is 2.45. The largest absolute Gasteiger partial charge is 0.472 e. The Kier molecular flexibility index (Phi) is 70.9. The molecule has 0 aromatic carbocycles. The van der Waals surface area contributed by atoms with E-state index in [4.69, 9.17) is 37.0 Å². The molecule has 0 aromatic rings. The summed E-state index contributed by atoms with van der Waals surface area (Å²) in [7, 11) is -9.92. The summed E-state index contributed by atoms with van der Waals surface area (Å²) in [6.07, 6.45) is 61.0. The Balaban J connectivity index is 5.25. The number of phosphoric acid groups is 2. The molecule has 101 heavy (non-hydrogen) atoms. The van der Waals surface area contributed by atoms with Gasteiger partial charge in [0, 0.05) is 25.7 Å². The minimum atomic E-state index is -4.96. The van der Waals surface area contributed by atoms with Gasteiger partial charge in [0.15, 0.2) is 12.2 Å². The van der Waals surface area contributed by atoms with Gasteiger partial charge in [-0.05, 0) is 43.4 Å². The molecule has 0 heterocycles. The fourth-order valence-electron chi connectivity index (χ4n) is 12.7. The maximum absolute atomic E-state index is 13.1. The number of esters is 4. The summed E-state index contributed by atoms with van der Waals surface area (Å²) in [4.78, 5) is 73.1. The summed E-state index contributed by atoms with van der Waals surface area (Å²) in [6.45, 7) is 12.0. The van der Waals surface area contributed by atoms with Crippen molar-refractivity contribution in [3.63, 3.8) is 0 Å². The van der Waals surface area contributed by atoms with E-state index in [0.717, 1.165) is 108 Å². The van der Waals surface area contributed by atoms with Crippen molar-refractivity contribution >= 4 is 39.5 Å². The van der Waals surface area contributed by atoms with E-state index >= 15 is 0 Å². The summed E-state index contributed by atoms with van der Waals surface area (Å²) >= 11 is 0. The van der Waals surface area contributed by atoms with Gasteiger partial charge < -0.3 is 33.8 Å². The van der Waals surface area contributed by atoms with Crippen LogP contribution < -0.4 is 0 Å². The van der Waals surface area contributed by atoms with Crippen LogP contribution in [-0.4, -0.2) is 96.7 Å². The number of rotatable bonds is 80. The molecule has 0 fully saturated rings. The van der Waals surface area contributed by atoms with Gasteiger partial charge in [-0.1, -0.05) is 376 Å². The van der Waals surface area contributed by atoms with Crippen molar-refractivity contribution < 1.29 is 80.2 Å². The summed E-state index contributed by atoms with van der Waals surface area (Å²) in [5.41, 5.74) is 0. The lowest BCUT2D eigenvalue weighted by molar-refractivity contribution is -0.161. The van der Waals surface area contributed by atoms with Crippen LogP contribution in [0, 0.1) is 17.8 Å². The average molecular weight is 1480 g/mol. The molecule has 0 aromatic heterocycles. The zero-order valence-corrected chi connectivity index (χ0v) is 68.2. The molecule has 0 spiro atoms. The first-order chi connectivity index (χ1) is 48.7. The van der Waals surface area contributed by atoms with Gasteiger partial charge in [0.25, 0.3) is 0 Å². The van der Waals surface area contributed by atoms with E-state index in [1.165, 1.54) is 238 Å². The minimum Gasteiger partial charge on any atom is -0.462 e. The molecule has 0 aliphatic carbocycles. The molecular formula is C82H160O17P2. The Morgan fingerprint density at radius 1 is 0.267 bits per heavy atom. The Morgan fingerprint density at radius 2 is 0.455 bits per heavy atom. The molecule has 19 heteroatoms. The number of carbonyl (C=O) groups is 4. The molecular weight excluding hydrogens is 1320 g/mol. The average Bonchev–Trinajstić information content (AvgIpc) is 0.947. The van der Waals surface area contributed by atoms with Gasteiger partial charge in [0.05, 0.1) is 26.4 Å². The van der Waals surface area contributed by atoms with E-state index in [1.807, 2.05) is 0 Å². The second kappa shape index (κ2) is 72.3. The molecule has 3 N–H and O–H groups in total. The van der Waals surface area contributed by atoms with Crippen molar-refractivity contribution in [3.8, 4) is 0 Å². The Bertz CT molecular complexity index is 1960. The number of hydrogen-bond donors (Lipinski definition) is 3. The van der Waals surface area contributed by atoms with E-state index in [0.29, 0.717) is 25.7 Å². The van der Waals surface area contributed by atoms with Crippen molar-refractivity contribution in [1.29, 1.82) is 0 Å². The monoisotopic (exact) mass is 1480 g/mol. The van der Waals surface area contributed by atoms with Crippen molar-refractivity contribution in [2.45, 2.75) is 446 Å². The maximum Gasteiger partial charge on any atom is 0.472 e. The molecule has 0 rings (SSSR count). The van der Waals surface area contributed by atoms with Crippen LogP contribution in [0.1, 0.15) is 427 Å². The van der Waals surface area contributed by atoms with Crippen molar-refractivity contribution in [3.05, 3.63) is 0 Å². The van der Waals surface area contributed by atoms with E-state index in [2.05, 4.69) is 48.5 Å². The smallest absolute Gasteiger partial charge is 0.462 e. The van der Waals surface area contributed by atoms with Crippen molar-refractivity contribution in [1.82, 2.24) is 0 Å². The van der Waals surface area contributed by atoms with Crippen LogP contribution in [0.4, 0.5) is 0 Å². The molecule has 17 nitrogen and oxygen atoms in total. The molecule has 0 amide bonds. The Hall–Kier alpha value is -1.94. The quantitative estimate of drug-likeness (QED) is 0.0222. The first-order valence-electron chi connectivity index (χ1n) is 42.3. The van der Waals surface area contributed by atoms with Gasteiger partial charge in [-0.25, -0.2) is 9.13 Å². The lowest BCUT2D eigenvalue weighted by Gasteiger charge is -2.21.